The van der Waals surface area contributed by atoms with Crippen molar-refractivity contribution in [2.45, 2.75) is 54.4 Å². The van der Waals surface area contributed by atoms with Crippen molar-refractivity contribution in [1.29, 1.82) is 0 Å². The Morgan fingerprint density at radius 1 is 0.367 bits per heavy atom. The summed E-state index contributed by atoms with van der Waals surface area (Å²) in [5, 5.41) is 7.09. The first-order chi connectivity index (χ1) is 38.6. The average Bonchev–Trinajstić information content (AvgIpc) is 4.10. The van der Waals surface area contributed by atoms with Gasteiger partial charge in [-0.3, -0.25) is 4.98 Å². The zero-order valence-corrected chi connectivity index (χ0v) is 46.3. The highest BCUT2D eigenvalue weighted by Crippen LogP contribution is 2.46. The predicted molar refractivity (Wildman–Crippen MR) is 340 cm³/mol. The molecule has 79 heavy (non-hydrogen) atoms. The lowest BCUT2D eigenvalue weighted by Crippen LogP contribution is -1.95. The van der Waals surface area contributed by atoms with E-state index in [-0.39, 0.29) is 0 Å². The Balaban J connectivity index is 0.940. The standard InChI is InChI=1S/C76H58N2S/c1-45-32-47(3)72(48(4)33-45)60-26-29-63-66(40-60)67-41-61(73-49(5)34-46(2)35-50(73)6)27-30-64(67)75-74(63)77-44-70(78-75)59-25-15-24-58(38-59)65-42-62(56-23-14-21-54(37-56)52-18-11-8-12-19-52)43-69-68-39-57(28-31-71(68)79-76(65)69)55-22-13-20-53(36-55)51-16-9-7-10-17-51/h8-9,11-44H,7,10H2,1-6H3. The Kier molecular flexibility index (Phi) is 11.9. The van der Waals surface area contributed by atoms with E-state index < -0.39 is 0 Å². The zero-order valence-electron chi connectivity index (χ0n) is 45.5. The van der Waals surface area contributed by atoms with Crippen molar-refractivity contribution in [2.24, 2.45) is 0 Å². The summed E-state index contributed by atoms with van der Waals surface area (Å²) in [5.74, 6) is 0. The Morgan fingerprint density at radius 2 is 0.886 bits per heavy atom. The van der Waals surface area contributed by atoms with Gasteiger partial charge in [0.15, 0.2) is 0 Å². The Morgan fingerprint density at radius 3 is 1.54 bits per heavy atom. The summed E-state index contributed by atoms with van der Waals surface area (Å²) in [4.78, 5) is 11.0. The third-order valence-electron chi connectivity index (χ3n) is 16.4. The summed E-state index contributed by atoms with van der Waals surface area (Å²) in [6.45, 7) is 13.3. The van der Waals surface area contributed by atoms with Crippen molar-refractivity contribution in [3.05, 3.63) is 257 Å². The van der Waals surface area contributed by atoms with Crippen LogP contribution in [0.3, 0.4) is 0 Å². The molecule has 0 atom stereocenters. The van der Waals surface area contributed by atoms with E-state index >= 15 is 0 Å². The van der Waals surface area contributed by atoms with E-state index in [1.165, 1.54) is 137 Å². The summed E-state index contributed by atoms with van der Waals surface area (Å²) in [5.41, 5.74) is 28.5. The molecule has 2 nitrogen and oxygen atoms in total. The van der Waals surface area contributed by atoms with Crippen LogP contribution < -0.4 is 0 Å². The number of aromatic nitrogens is 2. The Labute approximate surface area is 466 Å². The number of nitrogens with zero attached hydrogens (tertiary/aromatic N) is 2. The lowest BCUT2D eigenvalue weighted by molar-refractivity contribution is 1.04. The first kappa shape index (κ1) is 48.4. The number of hydrogen-bond acceptors (Lipinski definition) is 3. The predicted octanol–water partition coefficient (Wildman–Crippen LogP) is 21.6. The molecule has 2 aromatic heterocycles. The minimum Gasteiger partial charge on any atom is -0.252 e. The summed E-state index contributed by atoms with van der Waals surface area (Å²) < 4.78 is 2.54. The number of thiophene rings is 1. The van der Waals surface area contributed by atoms with Gasteiger partial charge in [-0.2, -0.15) is 0 Å². The fourth-order valence-electron chi connectivity index (χ4n) is 12.9. The van der Waals surface area contributed by atoms with Crippen LogP contribution in [0.4, 0.5) is 0 Å². The monoisotopic (exact) mass is 1030 g/mol. The van der Waals surface area contributed by atoms with Crippen molar-refractivity contribution in [1.82, 2.24) is 9.97 Å². The van der Waals surface area contributed by atoms with Crippen molar-refractivity contribution in [3.8, 4) is 78.0 Å². The molecule has 0 fully saturated rings. The molecule has 0 spiro atoms. The van der Waals surface area contributed by atoms with Gasteiger partial charge in [0.2, 0.25) is 0 Å². The van der Waals surface area contributed by atoms with E-state index in [1.54, 1.807) is 0 Å². The molecule has 11 aromatic carbocycles. The SMILES string of the molecule is Cc1cc(C)c(-c2ccc3c(c2)c2cc(-c4c(C)cc(C)cc4C)ccc2c2nc(-c4cccc(-c5cc(-c6cccc(-c7ccccc7)c6)cc6c5sc5ccc(-c7cccc(C8=CCCC=C8)c7)cc56)c4)cnc32)c(C)c1. The van der Waals surface area contributed by atoms with Crippen molar-refractivity contribution < 1.29 is 0 Å². The van der Waals surface area contributed by atoms with Crippen LogP contribution in [0.1, 0.15) is 51.8 Å². The van der Waals surface area contributed by atoms with Crippen LogP contribution in [0.2, 0.25) is 0 Å². The van der Waals surface area contributed by atoms with Crippen LogP contribution in [0.5, 0.6) is 0 Å². The molecule has 0 radical (unpaired) electrons. The summed E-state index contributed by atoms with van der Waals surface area (Å²) >= 11 is 1.88. The number of hydrogen-bond donors (Lipinski definition) is 0. The van der Waals surface area contributed by atoms with Crippen LogP contribution in [-0.2, 0) is 0 Å². The van der Waals surface area contributed by atoms with Gasteiger partial charge in [0.25, 0.3) is 0 Å². The second-order valence-electron chi connectivity index (χ2n) is 22.0. The van der Waals surface area contributed by atoms with Gasteiger partial charge in [-0.1, -0.05) is 169 Å². The lowest BCUT2D eigenvalue weighted by atomic mass is 9.88. The van der Waals surface area contributed by atoms with E-state index in [4.69, 9.17) is 9.97 Å². The molecule has 0 aliphatic heterocycles. The van der Waals surface area contributed by atoms with E-state index in [9.17, 15) is 0 Å². The van der Waals surface area contributed by atoms with Gasteiger partial charge in [0.1, 0.15) is 0 Å². The smallest absolute Gasteiger partial charge is 0.0979 e. The van der Waals surface area contributed by atoms with Crippen LogP contribution in [0, 0.1) is 41.5 Å². The second-order valence-corrected chi connectivity index (χ2v) is 23.0. The molecular formula is C76H58N2S. The lowest BCUT2D eigenvalue weighted by Gasteiger charge is -2.17. The maximum Gasteiger partial charge on any atom is 0.0979 e. The molecule has 1 aliphatic rings. The summed E-state index contributed by atoms with van der Waals surface area (Å²) in [6, 6.07) is 72.7. The molecule has 13 aromatic rings. The molecule has 1 aliphatic carbocycles. The molecular weight excluding hydrogens is 973 g/mol. The molecule has 0 N–H and O–H groups in total. The normalized spacial score (nSPS) is 12.6. The highest BCUT2D eigenvalue weighted by Gasteiger charge is 2.20. The van der Waals surface area contributed by atoms with E-state index in [2.05, 4.69) is 254 Å². The van der Waals surface area contributed by atoms with E-state index in [1.807, 2.05) is 17.5 Å². The Bertz CT molecular complexity index is 4670. The molecule has 3 heteroatoms. The van der Waals surface area contributed by atoms with Gasteiger partial charge >= 0.3 is 0 Å². The summed E-state index contributed by atoms with van der Waals surface area (Å²) in [6.07, 6.45) is 11.1. The first-order valence-corrected chi connectivity index (χ1v) is 28.5. The van der Waals surface area contributed by atoms with Gasteiger partial charge in [-0.15, -0.1) is 11.3 Å². The van der Waals surface area contributed by atoms with Crippen LogP contribution in [0.15, 0.2) is 219 Å². The number of benzene rings is 11. The highest BCUT2D eigenvalue weighted by atomic mass is 32.1. The fraction of sp³-hybridized carbons (Fsp3) is 0.105. The minimum atomic E-state index is 0.845. The number of aryl methyl sites for hydroxylation is 6. The third kappa shape index (κ3) is 8.67. The molecule has 0 saturated carbocycles. The average molecular weight is 1030 g/mol. The minimum absolute atomic E-state index is 0.845. The van der Waals surface area contributed by atoms with Gasteiger partial charge in [0.05, 0.1) is 22.9 Å². The van der Waals surface area contributed by atoms with Gasteiger partial charge in [-0.05, 0) is 214 Å². The highest BCUT2D eigenvalue weighted by molar-refractivity contribution is 7.26. The van der Waals surface area contributed by atoms with Crippen molar-refractivity contribution in [3.63, 3.8) is 0 Å². The van der Waals surface area contributed by atoms with Gasteiger partial charge in [0, 0.05) is 42.1 Å². The fourth-order valence-corrected chi connectivity index (χ4v) is 14.1. The maximum absolute atomic E-state index is 5.63. The second kappa shape index (κ2) is 19.5. The molecule has 0 unspecified atom stereocenters. The molecule has 0 bridgehead atoms. The van der Waals surface area contributed by atoms with E-state index in [0.717, 1.165) is 51.5 Å². The molecule has 0 amide bonds. The number of rotatable bonds is 8. The number of fused-ring (bicyclic) bond motifs is 9. The van der Waals surface area contributed by atoms with Crippen molar-refractivity contribution >= 4 is 69.7 Å². The quantitative estimate of drug-likeness (QED) is 0.142. The zero-order chi connectivity index (χ0) is 53.5. The summed E-state index contributed by atoms with van der Waals surface area (Å²) in [7, 11) is 0. The van der Waals surface area contributed by atoms with Crippen LogP contribution in [0.25, 0.3) is 136 Å². The molecule has 14 rings (SSSR count). The van der Waals surface area contributed by atoms with Gasteiger partial charge < -0.3 is 0 Å². The first-order valence-electron chi connectivity index (χ1n) is 27.7. The van der Waals surface area contributed by atoms with Crippen molar-refractivity contribution in [2.75, 3.05) is 0 Å². The topological polar surface area (TPSA) is 25.8 Å². The molecule has 378 valence electrons. The number of allylic oxidation sites excluding steroid dienone is 4. The third-order valence-corrected chi connectivity index (χ3v) is 17.6. The Hall–Kier alpha value is -9.02. The molecule has 2 heterocycles. The maximum atomic E-state index is 5.63. The van der Waals surface area contributed by atoms with Crippen LogP contribution in [-0.4, -0.2) is 9.97 Å². The van der Waals surface area contributed by atoms with Gasteiger partial charge in [-0.25, -0.2) is 4.98 Å². The largest absolute Gasteiger partial charge is 0.252 e. The molecule has 0 saturated heterocycles. The van der Waals surface area contributed by atoms with E-state index in [0.29, 0.717) is 0 Å². The van der Waals surface area contributed by atoms with Crippen LogP contribution >= 0.6 is 11.3 Å².